The summed E-state index contributed by atoms with van der Waals surface area (Å²) in [6, 6.07) is 1.77. The van der Waals surface area contributed by atoms with Crippen molar-refractivity contribution in [3.63, 3.8) is 0 Å². The second-order valence-corrected chi connectivity index (χ2v) is 3.23. The predicted octanol–water partition coefficient (Wildman–Crippen LogP) is -0.101. The van der Waals surface area contributed by atoms with E-state index in [1.165, 1.54) is 0 Å². The third-order valence-corrected chi connectivity index (χ3v) is 1.46. The Morgan fingerprint density at radius 2 is 2.38 bits per heavy atom. The first-order valence-corrected chi connectivity index (χ1v) is 3.42. The van der Waals surface area contributed by atoms with Gasteiger partial charge in [0.1, 0.15) is 0 Å². The van der Waals surface area contributed by atoms with Gasteiger partial charge in [-0.15, -0.1) is 0 Å². The van der Waals surface area contributed by atoms with Crippen molar-refractivity contribution in [2.75, 3.05) is 0 Å². The molecule has 1 unspecified atom stereocenters. The summed E-state index contributed by atoms with van der Waals surface area (Å²) in [7, 11) is 0. The van der Waals surface area contributed by atoms with Crippen LogP contribution in [0.25, 0.3) is 0 Å². The zero-order valence-electron chi connectivity index (χ0n) is 4.76. The fourth-order valence-corrected chi connectivity index (χ4v) is 0.874. The van der Waals surface area contributed by atoms with E-state index >= 15 is 0 Å². The van der Waals surface area contributed by atoms with Gasteiger partial charge in [-0.05, 0) is 0 Å². The van der Waals surface area contributed by atoms with Gasteiger partial charge >= 0.3 is 56.7 Å². The maximum absolute atomic E-state index is 8.93. The summed E-state index contributed by atoms with van der Waals surface area (Å²) in [5.74, 6) is 0. The van der Waals surface area contributed by atoms with Gasteiger partial charge in [0, 0.05) is 0 Å². The van der Waals surface area contributed by atoms with Crippen LogP contribution in [-0.4, -0.2) is 25.6 Å². The van der Waals surface area contributed by atoms with Crippen LogP contribution in [0.15, 0.2) is 0 Å². The molecule has 1 N–H and O–H groups in total. The number of nitriles is 1. The van der Waals surface area contributed by atoms with Crippen molar-refractivity contribution >= 4 is 16.0 Å². The minimum absolute atomic E-state index is 0.531. The molecule has 0 aliphatic heterocycles. The summed E-state index contributed by atoms with van der Waals surface area (Å²) in [4.78, 5) is 0. The van der Waals surface area contributed by atoms with Gasteiger partial charge in [-0.3, -0.25) is 0 Å². The van der Waals surface area contributed by atoms with Crippen LogP contribution in [0.2, 0.25) is 0 Å². The third kappa shape index (κ3) is 3.03. The molecule has 2 nitrogen and oxygen atoms in total. The molecule has 0 aliphatic carbocycles. The van der Waals surface area contributed by atoms with Crippen LogP contribution in [0.1, 0.15) is 19.8 Å². The standard InChI is InChI=1S/C5H9NOSe/c1-2-3-5(7,8)4-6/h7-8H,2-3H2,1H3. The molecule has 1 atom stereocenters. The summed E-state index contributed by atoms with van der Waals surface area (Å²) < 4.78 is -1.16. The Morgan fingerprint density at radius 1 is 1.88 bits per heavy atom. The van der Waals surface area contributed by atoms with Crippen molar-refractivity contribution in [1.82, 2.24) is 0 Å². The molecular weight excluding hydrogens is 169 g/mol. The molecule has 0 aromatic carbocycles. The van der Waals surface area contributed by atoms with Crippen LogP contribution in [-0.2, 0) is 0 Å². The van der Waals surface area contributed by atoms with Crippen LogP contribution >= 0.6 is 0 Å². The topological polar surface area (TPSA) is 44.0 Å². The van der Waals surface area contributed by atoms with Crippen molar-refractivity contribution in [2.45, 2.75) is 24.3 Å². The summed E-state index contributed by atoms with van der Waals surface area (Å²) in [6.07, 6.45) is 1.36. The first-order valence-electron chi connectivity index (χ1n) is 2.48. The van der Waals surface area contributed by atoms with E-state index in [0.29, 0.717) is 6.42 Å². The Labute approximate surface area is 57.3 Å². The summed E-state index contributed by atoms with van der Waals surface area (Å²) in [5.41, 5.74) is 0. The van der Waals surface area contributed by atoms with Crippen molar-refractivity contribution in [3.05, 3.63) is 0 Å². The number of hydrogen-bond donors (Lipinski definition) is 1. The Kier molecular flexibility index (Phi) is 3.08. The zero-order chi connectivity index (χ0) is 6.62. The van der Waals surface area contributed by atoms with Gasteiger partial charge in [-0.25, -0.2) is 0 Å². The van der Waals surface area contributed by atoms with E-state index in [-0.39, 0.29) is 0 Å². The number of aliphatic hydroxyl groups is 1. The molecule has 0 aromatic rings. The van der Waals surface area contributed by atoms with E-state index in [4.69, 9.17) is 10.4 Å². The molecule has 0 saturated carbocycles. The maximum atomic E-state index is 8.93. The van der Waals surface area contributed by atoms with Crippen LogP contribution < -0.4 is 0 Å². The normalized spacial score (nSPS) is 16.8. The molecule has 0 heterocycles. The van der Waals surface area contributed by atoms with Gasteiger partial charge in [0.15, 0.2) is 0 Å². The second-order valence-electron chi connectivity index (χ2n) is 1.68. The van der Waals surface area contributed by atoms with Gasteiger partial charge in [0.2, 0.25) is 0 Å². The molecular formula is C5H9NOSe. The Balaban J connectivity index is 3.59. The van der Waals surface area contributed by atoms with Crippen LogP contribution in [0.4, 0.5) is 0 Å². The molecule has 0 saturated heterocycles. The quantitative estimate of drug-likeness (QED) is 0.474. The van der Waals surface area contributed by atoms with Crippen molar-refractivity contribution in [3.8, 4) is 6.07 Å². The summed E-state index contributed by atoms with van der Waals surface area (Å²) in [6.45, 7) is 1.93. The van der Waals surface area contributed by atoms with Gasteiger partial charge in [0.05, 0.1) is 0 Å². The van der Waals surface area contributed by atoms with Crippen LogP contribution in [0.5, 0.6) is 0 Å². The number of nitrogens with zero attached hydrogens (tertiary/aromatic N) is 1. The summed E-state index contributed by atoms with van der Waals surface area (Å²) >= 11 is 1.96. The van der Waals surface area contributed by atoms with E-state index in [9.17, 15) is 0 Å². The van der Waals surface area contributed by atoms with Crippen molar-refractivity contribution in [2.24, 2.45) is 0 Å². The molecule has 8 heavy (non-hydrogen) atoms. The Bertz CT molecular complexity index is 105. The third-order valence-electron chi connectivity index (χ3n) is 0.778. The Morgan fingerprint density at radius 3 is 2.50 bits per heavy atom. The van der Waals surface area contributed by atoms with E-state index in [0.717, 1.165) is 6.42 Å². The Hall–Kier alpha value is -0.0305. The SMILES string of the molecule is CCCC(O)([SeH])C#N. The van der Waals surface area contributed by atoms with Crippen molar-refractivity contribution < 1.29 is 5.11 Å². The fraction of sp³-hybridized carbons (Fsp3) is 0.800. The van der Waals surface area contributed by atoms with Crippen molar-refractivity contribution in [1.29, 1.82) is 5.26 Å². The van der Waals surface area contributed by atoms with Crippen LogP contribution in [0.3, 0.4) is 0 Å². The average molecular weight is 178 g/mol. The molecule has 0 aromatic heterocycles. The molecule has 0 bridgehead atoms. The molecule has 46 valence electrons. The molecule has 3 heteroatoms. The van der Waals surface area contributed by atoms with Crippen LogP contribution in [0, 0.1) is 11.3 Å². The van der Waals surface area contributed by atoms with E-state index < -0.39 is 4.50 Å². The number of hydrogen-bond acceptors (Lipinski definition) is 2. The van der Waals surface area contributed by atoms with Gasteiger partial charge in [-0.1, -0.05) is 0 Å². The average Bonchev–Trinajstić information content (AvgIpc) is 1.67. The first kappa shape index (κ1) is 7.97. The van der Waals surface area contributed by atoms with Gasteiger partial charge in [-0.2, -0.15) is 0 Å². The zero-order valence-corrected chi connectivity index (χ0v) is 6.63. The molecule has 0 spiro atoms. The molecule has 0 aliphatic rings. The molecule has 0 radical (unpaired) electrons. The van der Waals surface area contributed by atoms with Gasteiger partial charge < -0.3 is 0 Å². The molecule has 0 fully saturated rings. The molecule has 0 amide bonds. The number of rotatable bonds is 2. The monoisotopic (exact) mass is 179 g/mol. The fourth-order valence-electron chi connectivity index (χ4n) is 0.405. The van der Waals surface area contributed by atoms with E-state index in [1.807, 2.05) is 22.9 Å². The first-order chi connectivity index (χ1) is 3.62. The second kappa shape index (κ2) is 3.09. The van der Waals surface area contributed by atoms with Gasteiger partial charge in [0.25, 0.3) is 0 Å². The summed E-state index contributed by atoms with van der Waals surface area (Å²) in [5, 5.41) is 17.1. The predicted molar refractivity (Wildman–Crippen MR) is 32.6 cm³/mol. The van der Waals surface area contributed by atoms with E-state index in [1.54, 1.807) is 6.07 Å². The van der Waals surface area contributed by atoms with E-state index in [2.05, 4.69) is 0 Å². The molecule has 0 rings (SSSR count). The minimum atomic E-state index is -1.16.